The summed E-state index contributed by atoms with van der Waals surface area (Å²) in [6, 6.07) is 1.48. The molecule has 0 aromatic carbocycles. The predicted molar refractivity (Wildman–Crippen MR) is 99.2 cm³/mol. The van der Waals surface area contributed by atoms with Crippen LogP contribution < -0.4 is 5.73 Å². The van der Waals surface area contributed by atoms with Crippen molar-refractivity contribution in [3.8, 4) is 0 Å². The number of carbonyl (C=O) groups is 1. The van der Waals surface area contributed by atoms with Crippen LogP contribution in [0, 0.1) is 5.92 Å². The van der Waals surface area contributed by atoms with E-state index in [1.807, 2.05) is 0 Å². The lowest BCUT2D eigenvalue weighted by molar-refractivity contribution is 0.0568. The van der Waals surface area contributed by atoms with Crippen molar-refractivity contribution in [3.05, 3.63) is 18.0 Å². The minimum absolute atomic E-state index is 0.0127. The Morgan fingerprint density at radius 1 is 1.36 bits per heavy atom. The van der Waals surface area contributed by atoms with Crippen LogP contribution in [0.5, 0.6) is 0 Å². The number of nitrogens with one attached hydrogen (secondary N) is 1. The molecule has 3 N–H and O–H groups in total. The van der Waals surface area contributed by atoms with Crippen LogP contribution in [-0.2, 0) is 10.0 Å². The zero-order valence-corrected chi connectivity index (χ0v) is 16.1. The van der Waals surface area contributed by atoms with E-state index in [1.165, 1.54) is 16.6 Å². The Balaban J connectivity index is 1.77. The minimum Gasteiger partial charge on any atom is -0.356 e. The Morgan fingerprint density at radius 3 is 2.76 bits per heavy atom. The molecule has 0 bridgehead atoms. The van der Waals surface area contributed by atoms with Gasteiger partial charge in [-0.15, -0.1) is 0 Å². The smallest absolute Gasteiger partial charge is 0.270 e. The molecule has 0 spiro atoms. The average molecular weight is 387 g/mol. The van der Waals surface area contributed by atoms with E-state index >= 15 is 0 Å². The Morgan fingerprint density at radius 2 is 2.08 bits per heavy atom. The van der Waals surface area contributed by atoms with Gasteiger partial charge in [0, 0.05) is 49.9 Å². The number of piperidine rings is 1. The highest BCUT2D eigenvalue weighted by atomic mass is 32.2. The number of carbonyl (C=O) groups excluding carboxylic acids is 1. The van der Waals surface area contributed by atoms with Gasteiger partial charge >= 0.3 is 0 Å². The summed E-state index contributed by atoms with van der Waals surface area (Å²) in [4.78, 5) is 17.6. The van der Waals surface area contributed by atoms with Crippen molar-refractivity contribution in [2.24, 2.45) is 11.7 Å². The van der Waals surface area contributed by atoms with Crippen molar-refractivity contribution in [1.82, 2.24) is 14.2 Å². The maximum absolute atomic E-state index is 12.8. The molecule has 0 saturated carbocycles. The molecule has 2 atom stereocenters. The summed E-state index contributed by atoms with van der Waals surface area (Å²) in [5.74, 6) is 1.99. The number of nitrogens with two attached hydrogens (primary N) is 1. The lowest BCUT2D eigenvalue weighted by Gasteiger charge is -2.37. The minimum atomic E-state index is -3.54. The number of sulfonamides is 1. The van der Waals surface area contributed by atoms with Crippen molar-refractivity contribution in [1.29, 1.82) is 0 Å². The van der Waals surface area contributed by atoms with E-state index in [1.54, 1.807) is 16.7 Å². The Bertz CT molecular complexity index is 713. The van der Waals surface area contributed by atoms with Crippen LogP contribution >= 0.6 is 11.8 Å². The number of aromatic amines is 1. The van der Waals surface area contributed by atoms with Crippen LogP contribution in [0.25, 0.3) is 0 Å². The van der Waals surface area contributed by atoms with Crippen LogP contribution in [0.1, 0.15) is 30.3 Å². The molecule has 2 unspecified atom stereocenters. The molecule has 25 heavy (non-hydrogen) atoms. The Labute approximate surface area is 153 Å². The highest BCUT2D eigenvalue weighted by Gasteiger charge is 2.32. The SMILES string of the molecule is CC1CCN(C(=O)c2cc(S(=O)(=O)N3CCSCC3)c[nH]2)C(CN)C1. The zero-order valence-electron chi connectivity index (χ0n) is 14.5. The number of amides is 1. The number of rotatable bonds is 4. The van der Waals surface area contributed by atoms with Crippen LogP contribution in [-0.4, -0.2) is 72.2 Å². The first-order chi connectivity index (χ1) is 11.9. The molecule has 9 heteroatoms. The summed E-state index contributed by atoms with van der Waals surface area (Å²) in [6.07, 6.45) is 3.26. The Hall–Kier alpha value is -1.03. The zero-order chi connectivity index (χ0) is 18.0. The summed E-state index contributed by atoms with van der Waals surface area (Å²) in [7, 11) is -3.54. The summed E-state index contributed by atoms with van der Waals surface area (Å²) in [5.41, 5.74) is 6.15. The van der Waals surface area contributed by atoms with Crippen LogP contribution in [0.2, 0.25) is 0 Å². The monoisotopic (exact) mass is 386 g/mol. The average Bonchev–Trinajstić information content (AvgIpc) is 3.12. The van der Waals surface area contributed by atoms with E-state index in [4.69, 9.17) is 5.73 Å². The first-order valence-corrected chi connectivity index (χ1v) is 11.3. The van der Waals surface area contributed by atoms with Gasteiger partial charge in [-0.25, -0.2) is 8.42 Å². The van der Waals surface area contributed by atoms with Gasteiger partial charge in [-0.1, -0.05) is 6.92 Å². The highest BCUT2D eigenvalue weighted by molar-refractivity contribution is 7.99. The van der Waals surface area contributed by atoms with Crippen molar-refractivity contribution in [3.63, 3.8) is 0 Å². The molecule has 3 rings (SSSR count). The molecule has 140 valence electrons. The summed E-state index contributed by atoms with van der Waals surface area (Å²) < 4.78 is 26.9. The molecule has 2 aliphatic rings. The Kier molecular flexibility index (Phi) is 5.77. The maximum Gasteiger partial charge on any atom is 0.270 e. The number of thioether (sulfide) groups is 1. The summed E-state index contributed by atoms with van der Waals surface area (Å²) in [6.45, 7) is 4.28. The lowest BCUT2D eigenvalue weighted by atomic mass is 9.92. The van der Waals surface area contributed by atoms with E-state index in [0.717, 1.165) is 24.3 Å². The summed E-state index contributed by atoms with van der Waals surface area (Å²) in [5, 5.41) is 0. The van der Waals surface area contributed by atoms with Crippen molar-refractivity contribution in [2.75, 3.05) is 37.7 Å². The van der Waals surface area contributed by atoms with E-state index in [2.05, 4.69) is 11.9 Å². The first kappa shape index (κ1) is 18.8. The summed E-state index contributed by atoms with van der Waals surface area (Å²) >= 11 is 1.76. The van der Waals surface area contributed by atoms with E-state index in [0.29, 0.717) is 37.8 Å². The van der Waals surface area contributed by atoms with Crippen molar-refractivity contribution in [2.45, 2.75) is 30.7 Å². The second kappa shape index (κ2) is 7.69. The number of H-pyrrole nitrogens is 1. The quantitative estimate of drug-likeness (QED) is 0.803. The second-order valence-corrected chi connectivity index (χ2v) is 9.95. The lowest BCUT2D eigenvalue weighted by Crippen LogP contribution is -2.49. The molecule has 2 aliphatic heterocycles. The molecule has 1 aromatic rings. The van der Waals surface area contributed by atoms with Gasteiger partial charge in [0.2, 0.25) is 10.0 Å². The third kappa shape index (κ3) is 3.89. The third-order valence-corrected chi connectivity index (χ3v) is 7.82. The van der Waals surface area contributed by atoms with Gasteiger partial charge in [-0.3, -0.25) is 4.79 Å². The maximum atomic E-state index is 12.8. The topological polar surface area (TPSA) is 99.5 Å². The molecule has 2 fully saturated rings. The van der Waals surface area contributed by atoms with E-state index < -0.39 is 10.0 Å². The molecule has 3 heterocycles. The molecule has 7 nitrogen and oxygen atoms in total. The van der Waals surface area contributed by atoms with Gasteiger partial charge in [0.1, 0.15) is 10.6 Å². The molecular formula is C16H26N4O3S2. The predicted octanol–water partition coefficient (Wildman–Crippen LogP) is 0.952. The van der Waals surface area contributed by atoms with Crippen molar-refractivity contribution >= 4 is 27.7 Å². The van der Waals surface area contributed by atoms with Crippen LogP contribution in [0.15, 0.2) is 17.2 Å². The molecule has 1 amide bonds. The standard InChI is InChI=1S/C16H26N4O3S2/c1-12-2-3-20(13(8-12)10-17)16(21)15-9-14(11-18-15)25(22,23)19-4-6-24-7-5-19/h9,11-13,18H,2-8,10,17H2,1H3. The van der Waals surface area contributed by atoms with Gasteiger partial charge in [-0.2, -0.15) is 16.1 Å². The van der Waals surface area contributed by atoms with Crippen molar-refractivity contribution < 1.29 is 13.2 Å². The van der Waals surface area contributed by atoms with Crippen LogP contribution in [0.4, 0.5) is 0 Å². The number of likely N-dealkylation sites (tertiary alicyclic amines) is 1. The largest absolute Gasteiger partial charge is 0.356 e. The highest BCUT2D eigenvalue weighted by Crippen LogP contribution is 2.25. The first-order valence-electron chi connectivity index (χ1n) is 8.71. The molecular weight excluding hydrogens is 360 g/mol. The number of nitrogens with zero attached hydrogens (tertiary/aromatic N) is 2. The van der Waals surface area contributed by atoms with Gasteiger partial charge in [0.05, 0.1) is 0 Å². The second-order valence-electron chi connectivity index (χ2n) is 6.78. The van der Waals surface area contributed by atoms with E-state index in [9.17, 15) is 13.2 Å². The van der Waals surface area contributed by atoms with Crippen LogP contribution in [0.3, 0.4) is 0 Å². The van der Waals surface area contributed by atoms with E-state index in [-0.39, 0.29) is 16.8 Å². The molecule has 0 radical (unpaired) electrons. The van der Waals surface area contributed by atoms with Gasteiger partial charge in [0.25, 0.3) is 5.91 Å². The number of hydrogen-bond acceptors (Lipinski definition) is 5. The van der Waals surface area contributed by atoms with Gasteiger partial charge in [-0.05, 0) is 24.8 Å². The normalized spacial score (nSPS) is 25.9. The number of aromatic nitrogens is 1. The fourth-order valence-electron chi connectivity index (χ4n) is 3.48. The molecule has 2 saturated heterocycles. The molecule has 1 aromatic heterocycles. The fraction of sp³-hybridized carbons (Fsp3) is 0.688. The fourth-order valence-corrected chi connectivity index (χ4v) is 6.05. The third-order valence-electron chi connectivity index (χ3n) is 5.01. The van der Waals surface area contributed by atoms with Gasteiger partial charge < -0.3 is 15.6 Å². The molecule has 0 aliphatic carbocycles. The number of hydrogen-bond donors (Lipinski definition) is 2. The van der Waals surface area contributed by atoms with Gasteiger partial charge in [0.15, 0.2) is 0 Å².